The van der Waals surface area contributed by atoms with Crippen LogP contribution in [0.4, 0.5) is 5.82 Å². The van der Waals surface area contributed by atoms with E-state index in [2.05, 4.69) is 31.1 Å². The van der Waals surface area contributed by atoms with Crippen LogP contribution in [0, 0.1) is 5.41 Å². The fraction of sp³-hybridized carbons (Fsp3) is 0.538. The van der Waals surface area contributed by atoms with Crippen molar-refractivity contribution in [1.82, 2.24) is 4.98 Å². The van der Waals surface area contributed by atoms with Crippen LogP contribution in [0.25, 0.3) is 0 Å². The van der Waals surface area contributed by atoms with Gasteiger partial charge in [-0.2, -0.15) is 0 Å². The summed E-state index contributed by atoms with van der Waals surface area (Å²) in [5.41, 5.74) is 0.0383. The molecule has 0 saturated heterocycles. The molecule has 1 aromatic rings. The third-order valence-corrected chi connectivity index (χ3v) is 2.69. The number of rotatable bonds is 5. The lowest BCUT2D eigenvalue weighted by Gasteiger charge is -2.29. The summed E-state index contributed by atoms with van der Waals surface area (Å²) in [6.07, 6.45) is 0.0211. The summed E-state index contributed by atoms with van der Waals surface area (Å²) in [6.45, 7) is 6.84. The van der Waals surface area contributed by atoms with E-state index in [0.717, 1.165) is 0 Å². The summed E-state index contributed by atoms with van der Waals surface area (Å²) < 4.78 is 5.41. The maximum Gasteiger partial charge on any atom is 0.354 e. The van der Waals surface area contributed by atoms with Gasteiger partial charge in [-0.25, -0.2) is 9.78 Å². The zero-order valence-corrected chi connectivity index (χ0v) is 11.2. The molecule has 1 rings (SSSR count). The Labute approximate surface area is 107 Å². The van der Waals surface area contributed by atoms with Crippen LogP contribution < -0.4 is 5.32 Å². The van der Waals surface area contributed by atoms with Crippen LogP contribution in [0.15, 0.2) is 18.2 Å². The highest BCUT2D eigenvalue weighted by Gasteiger charge is 2.24. The van der Waals surface area contributed by atoms with E-state index in [4.69, 9.17) is 9.84 Å². The Morgan fingerprint density at radius 3 is 2.67 bits per heavy atom. The standard InChI is InChI=1S/C13H20N2O3/c1-13(2,3)10(18-4)8-14-11-7-5-6-9(15-11)12(16)17/h5-7,10H,8H2,1-4H3,(H,14,15)(H,16,17). The lowest BCUT2D eigenvalue weighted by atomic mass is 9.89. The van der Waals surface area contributed by atoms with Gasteiger partial charge in [-0.1, -0.05) is 26.8 Å². The van der Waals surface area contributed by atoms with E-state index < -0.39 is 5.97 Å². The van der Waals surface area contributed by atoms with Crippen molar-refractivity contribution in [2.45, 2.75) is 26.9 Å². The molecule has 0 aromatic carbocycles. The quantitative estimate of drug-likeness (QED) is 0.841. The summed E-state index contributed by atoms with van der Waals surface area (Å²) in [5, 5.41) is 11.9. The molecule has 18 heavy (non-hydrogen) atoms. The number of aromatic nitrogens is 1. The lowest BCUT2D eigenvalue weighted by molar-refractivity contribution is 0.0268. The second-order valence-corrected chi connectivity index (χ2v) is 5.18. The minimum atomic E-state index is -1.03. The first-order chi connectivity index (χ1) is 8.34. The van der Waals surface area contributed by atoms with Gasteiger partial charge in [-0.3, -0.25) is 0 Å². The van der Waals surface area contributed by atoms with Crippen molar-refractivity contribution in [3.05, 3.63) is 23.9 Å². The van der Waals surface area contributed by atoms with Gasteiger partial charge in [0.05, 0.1) is 6.10 Å². The van der Waals surface area contributed by atoms with Crippen LogP contribution in [-0.2, 0) is 4.74 Å². The molecule has 5 heteroatoms. The summed E-state index contributed by atoms with van der Waals surface area (Å²) in [7, 11) is 1.67. The van der Waals surface area contributed by atoms with Crippen molar-refractivity contribution in [2.24, 2.45) is 5.41 Å². The molecule has 0 radical (unpaired) electrons. The first-order valence-corrected chi connectivity index (χ1v) is 5.81. The number of methoxy groups -OCH3 is 1. The molecular formula is C13H20N2O3. The van der Waals surface area contributed by atoms with Crippen LogP contribution in [0.1, 0.15) is 31.3 Å². The molecule has 0 aliphatic rings. The van der Waals surface area contributed by atoms with Crippen LogP contribution in [0.5, 0.6) is 0 Å². The Balaban J connectivity index is 2.68. The Hall–Kier alpha value is -1.62. The molecule has 1 heterocycles. The fourth-order valence-corrected chi connectivity index (χ4v) is 1.59. The smallest absolute Gasteiger partial charge is 0.354 e. The molecular weight excluding hydrogens is 232 g/mol. The van der Waals surface area contributed by atoms with E-state index in [0.29, 0.717) is 12.4 Å². The SMILES string of the molecule is COC(CNc1cccc(C(=O)O)n1)C(C)(C)C. The summed E-state index contributed by atoms with van der Waals surface area (Å²) in [5.74, 6) is -0.487. The Bertz CT molecular complexity index is 413. The highest BCUT2D eigenvalue weighted by molar-refractivity contribution is 5.85. The van der Waals surface area contributed by atoms with Gasteiger partial charge in [-0.15, -0.1) is 0 Å². The maximum atomic E-state index is 10.8. The van der Waals surface area contributed by atoms with Gasteiger partial charge in [0.2, 0.25) is 0 Å². The van der Waals surface area contributed by atoms with E-state index in [1.807, 2.05) is 0 Å². The van der Waals surface area contributed by atoms with E-state index in [1.54, 1.807) is 19.2 Å². The molecule has 0 aliphatic heterocycles. The topological polar surface area (TPSA) is 71.5 Å². The average molecular weight is 252 g/mol. The van der Waals surface area contributed by atoms with E-state index in [1.165, 1.54) is 6.07 Å². The molecule has 1 aromatic heterocycles. The van der Waals surface area contributed by atoms with Crippen molar-refractivity contribution in [1.29, 1.82) is 0 Å². The van der Waals surface area contributed by atoms with Crippen molar-refractivity contribution >= 4 is 11.8 Å². The highest BCUT2D eigenvalue weighted by atomic mass is 16.5. The number of aromatic carboxylic acids is 1. The minimum absolute atomic E-state index is 0.00611. The molecule has 0 saturated carbocycles. The minimum Gasteiger partial charge on any atom is -0.477 e. The maximum absolute atomic E-state index is 10.8. The van der Waals surface area contributed by atoms with Gasteiger partial charge < -0.3 is 15.2 Å². The number of hydrogen-bond donors (Lipinski definition) is 2. The lowest BCUT2D eigenvalue weighted by Crippen LogP contribution is -2.35. The van der Waals surface area contributed by atoms with Crippen LogP contribution in [0.2, 0.25) is 0 Å². The van der Waals surface area contributed by atoms with E-state index in [-0.39, 0.29) is 17.2 Å². The van der Waals surface area contributed by atoms with Gasteiger partial charge in [0, 0.05) is 13.7 Å². The van der Waals surface area contributed by atoms with Crippen molar-refractivity contribution < 1.29 is 14.6 Å². The van der Waals surface area contributed by atoms with Crippen molar-refractivity contribution in [3.63, 3.8) is 0 Å². The number of nitrogens with zero attached hydrogens (tertiary/aromatic N) is 1. The van der Waals surface area contributed by atoms with Gasteiger partial charge in [0.1, 0.15) is 5.82 Å². The molecule has 0 aliphatic carbocycles. The zero-order valence-electron chi connectivity index (χ0n) is 11.2. The first kappa shape index (κ1) is 14.4. The van der Waals surface area contributed by atoms with Gasteiger partial charge in [0.25, 0.3) is 0 Å². The highest BCUT2D eigenvalue weighted by Crippen LogP contribution is 2.22. The predicted octanol–water partition coefficient (Wildman–Crippen LogP) is 2.25. The van der Waals surface area contributed by atoms with Crippen LogP contribution >= 0.6 is 0 Å². The summed E-state index contributed by atoms with van der Waals surface area (Å²) in [6, 6.07) is 4.87. The van der Waals surface area contributed by atoms with Gasteiger partial charge in [-0.05, 0) is 17.5 Å². The average Bonchev–Trinajstić information content (AvgIpc) is 2.28. The van der Waals surface area contributed by atoms with Gasteiger partial charge >= 0.3 is 5.97 Å². The number of carboxylic acid groups (broad SMARTS) is 1. The number of carbonyl (C=O) groups is 1. The Kier molecular flexibility index (Phi) is 4.67. The number of anilines is 1. The molecule has 2 N–H and O–H groups in total. The van der Waals surface area contributed by atoms with Crippen LogP contribution in [-0.4, -0.2) is 35.8 Å². The number of hydrogen-bond acceptors (Lipinski definition) is 4. The molecule has 1 atom stereocenters. The van der Waals surface area contributed by atoms with Gasteiger partial charge in [0.15, 0.2) is 5.69 Å². The number of ether oxygens (including phenoxy) is 1. The molecule has 1 unspecified atom stereocenters. The van der Waals surface area contributed by atoms with E-state index in [9.17, 15) is 4.79 Å². The molecule has 0 fully saturated rings. The summed E-state index contributed by atoms with van der Waals surface area (Å²) >= 11 is 0. The molecule has 0 bridgehead atoms. The third-order valence-electron chi connectivity index (χ3n) is 2.69. The van der Waals surface area contributed by atoms with E-state index >= 15 is 0 Å². The number of nitrogens with one attached hydrogen (secondary N) is 1. The molecule has 0 amide bonds. The Morgan fingerprint density at radius 1 is 1.50 bits per heavy atom. The number of carboxylic acids is 1. The molecule has 0 spiro atoms. The van der Waals surface area contributed by atoms with Crippen molar-refractivity contribution in [3.8, 4) is 0 Å². The third kappa shape index (κ3) is 4.00. The Morgan fingerprint density at radius 2 is 2.17 bits per heavy atom. The zero-order chi connectivity index (χ0) is 13.8. The van der Waals surface area contributed by atoms with Crippen LogP contribution in [0.3, 0.4) is 0 Å². The van der Waals surface area contributed by atoms with Crippen molar-refractivity contribution in [2.75, 3.05) is 19.0 Å². The normalized spacial score (nSPS) is 13.1. The second-order valence-electron chi connectivity index (χ2n) is 5.18. The number of pyridine rings is 1. The summed E-state index contributed by atoms with van der Waals surface area (Å²) in [4.78, 5) is 14.8. The largest absolute Gasteiger partial charge is 0.477 e. The predicted molar refractivity (Wildman–Crippen MR) is 69.9 cm³/mol. The second kappa shape index (κ2) is 5.82. The monoisotopic (exact) mass is 252 g/mol. The fourth-order valence-electron chi connectivity index (χ4n) is 1.59. The first-order valence-electron chi connectivity index (χ1n) is 5.81. The molecule has 5 nitrogen and oxygen atoms in total. The molecule has 100 valence electrons.